The summed E-state index contributed by atoms with van der Waals surface area (Å²) in [5, 5.41) is 0. The normalized spacial score (nSPS) is 20.6. The minimum Gasteiger partial charge on any atom is -0.464 e. The van der Waals surface area contributed by atoms with Gasteiger partial charge >= 0.3 is 5.97 Å². The zero-order valence-electron chi connectivity index (χ0n) is 9.02. The number of fused-ring (bicyclic) bond motifs is 1. The van der Waals surface area contributed by atoms with Gasteiger partial charge in [-0.1, -0.05) is 0 Å². The van der Waals surface area contributed by atoms with Crippen LogP contribution in [0.2, 0.25) is 0 Å². The van der Waals surface area contributed by atoms with Crippen molar-refractivity contribution < 1.29 is 13.9 Å². The third-order valence-corrected chi connectivity index (χ3v) is 2.61. The van der Waals surface area contributed by atoms with E-state index in [9.17, 15) is 9.18 Å². The Morgan fingerprint density at radius 2 is 2.62 bits per heavy atom. The summed E-state index contributed by atoms with van der Waals surface area (Å²) in [7, 11) is 0. The van der Waals surface area contributed by atoms with E-state index in [4.69, 9.17) is 10.5 Å². The Balaban J connectivity index is 2.07. The zero-order chi connectivity index (χ0) is 11.7. The molecule has 0 aliphatic carbocycles. The van der Waals surface area contributed by atoms with Crippen LogP contribution < -0.4 is 5.73 Å². The molecule has 6 heteroatoms. The van der Waals surface area contributed by atoms with Crippen molar-refractivity contribution in [2.75, 3.05) is 6.61 Å². The van der Waals surface area contributed by atoms with E-state index in [0.717, 1.165) is 5.69 Å². The molecule has 0 saturated heterocycles. The number of carbonyl (C=O) groups excluding carboxylic acids is 1. The number of halogens is 1. The number of imidazole rings is 1. The SMILES string of the molecule is CC(=O)OCC(N)c1ncn2c1C[C@@H](F)C2. The van der Waals surface area contributed by atoms with Gasteiger partial charge in [-0.25, -0.2) is 9.37 Å². The van der Waals surface area contributed by atoms with E-state index < -0.39 is 12.2 Å². The molecule has 0 amide bonds. The molecule has 0 bridgehead atoms. The van der Waals surface area contributed by atoms with Crippen molar-refractivity contribution in [3.63, 3.8) is 0 Å². The van der Waals surface area contributed by atoms with Crippen LogP contribution in [0.3, 0.4) is 0 Å². The highest BCUT2D eigenvalue weighted by atomic mass is 19.1. The largest absolute Gasteiger partial charge is 0.464 e. The highest BCUT2D eigenvalue weighted by Crippen LogP contribution is 2.24. The molecule has 1 aromatic heterocycles. The number of alkyl halides is 1. The lowest BCUT2D eigenvalue weighted by Gasteiger charge is -2.10. The second kappa shape index (κ2) is 4.21. The molecule has 1 unspecified atom stereocenters. The number of rotatable bonds is 3. The Bertz CT molecular complexity index is 405. The summed E-state index contributed by atoms with van der Waals surface area (Å²) in [5.74, 6) is -0.380. The van der Waals surface area contributed by atoms with Gasteiger partial charge in [-0.15, -0.1) is 0 Å². The third kappa shape index (κ3) is 2.06. The Morgan fingerprint density at radius 1 is 1.88 bits per heavy atom. The Labute approximate surface area is 92.4 Å². The van der Waals surface area contributed by atoms with Crippen molar-refractivity contribution in [3.05, 3.63) is 17.7 Å². The quantitative estimate of drug-likeness (QED) is 0.756. The number of nitrogens with two attached hydrogens (primary N) is 1. The molecule has 0 saturated carbocycles. The van der Waals surface area contributed by atoms with E-state index >= 15 is 0 Å². The molecule has 2 N–H and O–H groups in total. The van der Waals surface area contributed by atoms with E-state index in [2.05, 4.69) is 4.98 Å². The van der Waals surface area contributed by atoms with Gasteiger partial charge in [0.05, 0.1) is 24.6 Å². The van der Waals surface area contributed by atoms with Gasteiger partial charge in [0.25, 0.3) is 0 Å². The molecular weight excluding hydrogens is 213 g/mol. The fourth-order valence-electron chi connectivity index (χ4n) is 1.89. The first-order chi connectivity index (χ1) is 7.58. The van der Waals surface area contributed by atoms with E-state index in [1.807, 2.05) is 0 Å². The van der Waals surface area contributed by atoms with Crippen LogP contribution in [-0.2, 0) is 22.5 Å². The fourth-order valence-corrected chi connectivity index (χ4v) is 1.89. The van der Waals surface area contributed by atoms with E-state index in [1.165, 1.54) is 6.92 Å². The number of carbonyl (C=O) groups is 1. The second-order valence-corrected chi connectivity index (χ2v) is 3.94. The summed E-state index contributed by atoms with van der Waals surface area (Å²) in [6, 6.07) is -0.481. The van der Waals surface area contributed by atoms with Gasteiger partial charge in [0.2, 0.25) is 0 Å². The van der Waals surface area contributed by atoms with E-state index in [0.29, 0.717) is 18.7 Å². The first-order valence-corrected chi connectivity index (χ1v) is 5.15. The van der Waals surface area contributed by atoms with Crippen molar-refractivity contribution in [3.8, 4) is 0 Å². The van der Waals surface area contributed by atoms with E-state index in [1.54, 1.807) is 10.9 Å². The Hall–Kier alpha value is -1.43. The van der Waals surface area contributed by atoms with Crippen molar-refractivity contribution >= 4 is 5.97 Å². The number of esters is 1. The molecule has 2 rings (SSSR count). The lowest BCUT2D eigenvalue weighted by molar-refractivity contribution is -0.141. The lowest BCUT2D eigenvalue weighted by atomic mass is 10.1. The summed E-state index contributed by atoms with van der Waals surface area (Å²) in [6.45, 7) is 1.74. The highest BCUT2D eigenvalue weighted by molar-refractivity contribution is 5.65. The lowest BCUT2D eigenvalue weighted by Crippen LogP contribution is -2.20. The maximum atomic E-state index is 13.1. The van der Waals surface area contributed by atoms with Gasteiger partial charge < -0.3 is 15.0 Å². The maximum Gasteiger partial charge on any atom is 0.302 e. The highest BCUT2D eigenvalue weighted by Gasteiger charge is 2.27. The molecule has 88 valence electrons. The fraction of sp³-hybridized carbons (Fsp3) is 0.600. The number of hydrogen-bond acceptors (Lipinski definition) is 4. The third-order valence-electron chi connectivity index (χ3n) is 2.61. The summed E-state index contributed by atoms with van der Waals surface area (Å²) in [5.41, 5.74) is 7.27. The number of hydrogen-bond donors (Lipinski definition) is 1. The first kappa shape index (κ1) is 11.1. The molecule has 1 aromatic rings. The average molecular weight is 227 g/mol. The van der Waals surface area contributed by atoms with Crippen molar-refractivity contribution in [1.29, 1.82) is 0 Å². The average Bonchev–Trinajstić information content (AvgIpc) is 2.72. The molecule has 0 radical (unpaired) electrons. The van der Waals surface area contributed by atoms with Gasteiger partial charge in [0.15, 0.2) is 0 Å². The van der Waals surface area contributed by atoms with Crippen LogP contribution >= 0.6 is 0 Å². The molecule has 1 aliphatic rings. The first-order valence-electron chi connectivity index (χ1n) is 5.15. The number of ether oxygens (including phenoxy) is 1. The molecule has 16 heavy (non-hydrogen) atoms. The second-order valence-electron chi connectivity index (χ2n) is 3.94. The van der Waals surface area contributed by atoms with Crippen molar-refractivity contribution in [2.24, 2.45) is 5.73 Å². The summed E-state index contributed by atoms with van der Waals surface area (Å²) < 4.78 is 19.7. The smallest absolute Gasteiger partial charge is 0.302 e. The van der Waals surface area contributed by atoms with Gasteiger partial charge in [0, 0.05) is 19.0 Å². The molecule has 0 fully saturated rings. The molecule has 5 nitrogen and oxygen atoms in total. The summed E-state index contributed by atoms with van der Waals surface area (Å²) >= 11 is 0. The maximum absolute atomic E-state index is 13.1. The van der Waals surface area contributed by atoms with Crippen molar-refractivity contribution in [2.45, 2.75) is 32.1 Å². The van der Waals surface area contributed by atoms with Crippen LogP contribution in [0.25, 0.3) is 0 Å². The Kier molecular flexibility index (Phi) is 2.91. The summed E-state index contributed by atoms with van der Waals surface area (Å²) in [6.07, 6.45) is 1.05. The van der Waals surface area contributed by atoms with Crippen LogP contribution in [0.1, 0.15) is 24.4 Å². The molecule has 2 heterocycles. The monoisotopic (exact) mass is 227 g/mol. The topological polar surface area (TPSA) is 70.1 Å². The molecule has 1 aliphatic heterocycles. The van der Waals surface area contributed by atoms with Gasteiger partial charge in [-0.2, -0.15) is 0 Å². The van der Waals surface area contributed by atoms with Crippen LogP contribution in [0, 0.1) is 0 Å². The van der Waals surface area contributed by atoms with Crippen LogP contribution in [-0.4, -0.2) is 28.3 Å². The Morgan fingerprint density at radius 3 is 3.31 bits per heavy atom. The zero-order valence-corrected chi connectivity index (χ0v) is 9.02. The molecule has 0 spiro atoms. The molecular formula is C10H14FN3O2. The number of aromatic nitrogens is 2. The van der Waals surface area contributed by atoms with Gasteiger partial charge in [-0.3, -0.25) is 4.79 Å². The van der Waals surface area contributed by atoms with Crippen LogP contribution in [0.15, 0.2) is 6.33 Å². The number of nitrogens with zero attached hydrogens (tertiary/aromatic N) is 2. The molecule has 2 atom stereocenters. The molecule has 0 aromatic carbocycles. The minimum absolute atomic E-state index is 0.0797. The minimum atomic E-state index is -0.863. The van der Waals surface area contributed by atoms with Crippen LogP contribution in [0.5, 0.6) is 0 Å². The van der Waals surface area contributed by atoms with E-state index in [-0.39, 0.29) is 12.6 Å². The van der Waals surface area contributed by atoms with Gasteiger partial charge in [-0.05, 0) is 0 Å². The predicted molar refractivity (Wildman–Crippen MR) is 54.4 cm³/mol. The standard InChI is InChI=1S/C10H14FN3O2/c1-6(15)16-4-8(12)10-9-2-7(11)3-14(9)5-13-10/h5,7-8H,2-4,12H2,1H3/t7-,8?/m1/s1. The van der Waals surface area contributed by atoms with Gasteiger partial charge in [0.1, 0.15) is 12.8 Å². The van der Waals surface area contributed by atoms with Crippen molar-refractivity contribution in [1.82, 2.24) is 9.55 Å². The van der Waals surface area contributed by atoms with Crippen LogP contribution in [0.4, 0.5) is 4.39 Å². The summed E-state index contributed by atoms with van der Waals surface area (Å²) in [4.78, 5) is 14.8. The predicted octanol–water partition coefficient (Wildman–Crippen LogP) is 0.340.